The van der Waals surface area contributed by atoms with Crippen LogP contribution < -0.4 is 14.9 Å². The Hall–Kier alpha value is -3.20. The molecule has 5 rings (SSSR count). The summed E-state index contributed by atoms with van der Waals surface area (Å²) in [6.45, 7) is 11.5. The molecule has 1 saturated heterocycles. The van der Waals surface area contributed by atoms with Crippen molar-refractivity contribution in [3.63, 3.8) is 0 Å². The largest absolute Gasteiger partial charge is 0.372 e. The lowest BCUT2D eigenvalue weighted by Crippen LogP contribution is -2.40. The molecule has 2 aliphatic rings. The van der Waals surface area contributed by atoms with E-state index in [-0.39, 0.29) is 21.3 Å². The van der Waals surface area contributed by atoms with Crippen molar-refractivity contribution >= 4 is 27.3 Å². The summed E-state index contributed by atoms with van der Waals surface area (Å²) in [6.07, 6.45) is 0. The number of rotatable bonds is 5. The van der Waals surface area contributed by atoms with E-state index in [0.29, 0.717) is 17.8 Å². The van der Waals surface area contributed by atoms with Gasteiger partial charge in [-0.2, -0.15) is 0 Å². The molecule has 194 valence electrons. The van der Waals surface area contributed by atoms with Crippen LogP contribution in [-0.4, -0.2) is 32.5 Å². The van der Waals surface area contributed by atoms with Gasteiger partial charge in [0.2, 0.25) is 10.0 Å². The molecule has 1 fully saturated rings. The van der Waals surface area contributed by atoms with Gasteiger partial charge in [0.1, 0.15) is 0 Å². The summed E-state index contributed by atoms with van der Waals surface area (Å²) in [7, 11) is -3.89. The zero-order valence-electron chi connectivity index (χ0n) is 21.6. The molecule has 1 unspecified atom stereocenters. The summed E-state index contributed by atoms with van der Waals surface area (Å²) in [4.78, 5) is 17.6. The lowest BCUT2D eigenvalue weighted by Gasteiger charge is -2.32. The van der Waals surface area contributed by atoms with Crippen molar-refractivity contribution in [3.8, 4) is 0 Å². The van der Waals surface area contributed by atoms with E-state index in [1.807, 2.05) is 24.3 Å². The molecule has 3 aromatic carbocycles. The number of fused-ring (bicyclic) bond motifs is 1. The van der Waals surface area contributed by atoms with Gasteiger partial charge >= 0.3 is 0 Å². The monoisotopic (exact) mass is 519 g/mol. The third-order valence-electron chi connectivity index (χ3n) is 8.39. The van der Waals surface area contributed by atoms with Crippen molar-refractivity contribution in [2.24, 2.45) is 16.0 Å². The first-order chi connectivity index (χ1) is 17.2. The molecule has 2 aliphatic heterocycles. The quantitative estimate of drug-likeness (QED) is 0.531. The van der Waals surface area contributed by atoms with Crippen LogP contribution >= 0.6 is 0 Å². The van der Waals surface area contributed by atoms with Crippen LogP contribution in [0, 0.1) is 10.8 Å². The van der Waals surface area contributed by atoms with Crippen molar-refractivity contribution in [3.05, 3.63) is 89.5 Å². The maximum absolute atomic E-state index is 13.7. The van der Waals surface area contributed by atoms with E-state index in [9.17, 15) is 18.3 Å². The van der Waals surface area contributed by atoms with E-state index < -0.39 is 21.5 Å². The Morgan fingerprint density at radius 3 is 2.00 bits per heavy atom. The Labute approximate surface area is 218 Å². The van der Waals surface area contributed by atoms with Crippen LogP contribution in [0.2, 0.25) is 0 Å². The normalized spacial score (nSPS) is 22.4. The van der Waals surface area contributed by atoms with Gasteiger partial charge in [-0.05, 0) is 52.3 Å². The molecule has 0 saturated carbocycles. The standard InChI is InChI=1S/C29H33N3O4S/c1-27(2)18-31(19-28(27,3)4)22-13-9-20(10-14-22)17-32-25-8-6-5-7-24(25)29(34,26(32)33)21-11-15-23(16-12-21)37(30,35)36/h5-16,34H,17-19H2,1-4H3,(H2,30,35,36). The number of carbonyl (C=O) groups excluding carboxylic acids is 1. The number of nitrogens with zero attached hydrogens (tertiary/aromatic N) is 2. The van der Waals surface area contributed by atoms with Crippen molar-refractivity contribution < 1.29 is 18.3 Å². The molecule has 2 heterocycles. The molecule has 1 atom stereocenters. The second-order valence-electron chi connectivity index (χ2n) is 11.5. The maximum atomic E-state index is 13.7. The minimum atomic E-state index is -3.89. The highest BCUT2D eigenvalue weighted by atomic mass is 32.2. The van der Waals surface area contributed by atoms with Gasteiger partial charge in [0.05, 0.1) is 17.1 Å². The third-order valence-corrected chi connectivity index (χ3v) is 9.32. The van der Waals surface area contributed by atoms with E-state index in [4.69, 9.17) is 5.14 Å². The average molecular weight is 520 g/mol. The van der Waals surface area contributed by atoms with E-state index in [1.54, 1.807) is 17.0 Å². The van der Waals surface area contributed by atoms with E-state index in [2.05, 4.69) is 44.7 Å². The van der Waals surface area contributed by atoms with Crippen molar-refractivity contribution in [1.29, 1.82) is 0 Å². The molecule has 3 aromatic rings. The van der Waals surface area contributed by atoms with E-state index in [0.717, 1.165) is 24.3 Å². The Balaban J connectivity index is 1.43. The van der Waals surface area contributed by atoms with Crippen molar-refractivity contribution in [1.82, 2.24) is 0 Å². The van der Waals surface area contributed by atoms with Crippen LogP contribution in [0.5, 0.6) is 0 Å². The lowest BCUT2D eigenvalue weighted by atomic mass is 9.71. The molecule has 0 aliphatic carbocycles. The number of amides is 1. The van der Waals surface area contributed by atoms with Gasteiger partial charge < -0.3 is 14.9 Å². The summed E-state index contributed by atoms with van der Waals surface area (Å²) in [5.41, 5.74) is 1.94. The maximum Gasteiger partial charge on any atom is 0.268 e. The summed E-state index contributed by atoms with van der Waals surface area (Å²) in [5.74, 6) is -0.482. The van der Waals surface area contributed by atoms with Gasteiger partial charge in [0.25, 0.3) is 5.91 Å². The molecule has 0 bridgehead atoms. The number of primary sulfonamides is 1. The van der Waals surface area contributed by atoms with Crippen molar-refractivity contribution in [2.45, 2.75) is 44.7 Å². The van der Waals surface area contributed by atoms with Crippen LogP contribution in [0.3, 0.4) is 0 Å². The number of aliphatic hydroxyl groups is 1. The second kappa shape index (κ2) is 8.41. The lowest BCUT2D eigenvalue weighted by molar-refractivity contribution is -0.132. The SMILES string of the molecule is CC1(C)CN(c2ccc(CN3C(=O)C(O)(c4ccc(S(N)(=O)=O)cc4)c4ccccc43)cc2)CC1(C)C. The second-order valence-corrected chi connectivity index (χ2v) is 13.0. The molecule has 7 nitrogen and oxygen atoms in total. The number of anilines is 2. The van der Waals surface area contributed by atoms with Crippen LogP contribution in [0.15, 0.2) is 77.7 Å². The molecule has 0 aromatic heterocycles. The zero-order valence-corrected chi connectivity index (χ0v) is 22.4. The number of benzene rings is 3. The van der Waals surface area contributed by atoms with Gasteiger partial charge in [-0.1, -0.05) is 70.2 Å². The Morgan fingerprint density at radius 2 is 1.43 bits per heavy atom. The summed E-state index contributed by atoms with van der Waals surface area (Å²) >= 11 is 0. The van der Waals surface area contributed by atoms with Crippen LogP contribution in [0.4, 0.5) is 11.4 Å². The Bertz CT molecular complexity index is 1450. The predicted octanol–water partition coefficient (Wildman–Crippen LogP) is 3.99. The number of hydrogen-bond acceptors (Lipinski definition) is 5. The third kappa shape index (κ3) is 4.13. The first kappa shape index (κ1) is 25.4. The molecule has 8 heteroatoms. The minimum Gasteiger partial charge on any atom is -0.372 e. The van der Waals surface area contributed by atoms with Crippen LogP contribution in [0.25, 0.3) is 0 Å². The number of para-hydroxylation sites is 1. The van der Waals surface area contributed by atoms with E-state index >= 15 is 0 Å². The molecule has 0 spiro atoms. The number of nitrogens with two attached hydrogens (primary N) is 1. The molecular formula is C29H33N3O4S. The zero-order chi connectivity index (χ0) is 26.8. The summed E-state index contributed by atoms with van der Waals surface area (Å²) in [5, 5.41) is 16.9. The molecule has 37 heavy (non-hydrogen) atoms. The smallest absolute Gasteiger partial charge is 0.268 e. The molecule has 3 N–H and O–H groups in total. The number of hydrogen-bond donors (Lipinski definition) is 2. The fourth-order valence-electron chi connectivity index (χ4n) is 5.37. The first-order valence-electron chi connectivity index (χ1n) is 12.4. The first-order valence-corrected chi connectivity index (χ1v) is 13.9. The summed E-state index contributed by atoms with van der Waals surface area (Å²) in [6, 6.07) is 20.9. The highest BCUT2D eigenvalue weighted by Crippen LogP contribution is 2.47. The highest BCUT2D eigenvalue weighted by molar-refractivity contribution is 7.89. The van der Waals surface area contributed by atoms with E-state index in [1.165, 1.54) is 24.3 Å². The highest BCUT2D eigenvalue weighted by Gasteiger charge is 2.51. The van der Waals surface area contributed by atoms with Gasteiger partial charge in [-0.15, -0.1) is 0 Å². The average Bonchev–Trinajstić information content (AvgIpc) is 3.20. The fourth-order valence-corrected chi connectivity index (χ4v) is 5.89. The topological polar surface area (TPSA) is 104 Å². The minimum absolute atomic E-state index is 0.0831. The van der Waals surface area contributed by atoms with Crippen molar-refractivity contribution in [2.75, 3.05) is 22.9 Å². The van der Waals surface area contributed by atoms with Crippen LogP contribution in [-0.2, 0) is 27.0 Å². The number of sulfonamides is 1. The Morgan fingerprint density at radius 1 is 0.865 bits per heavy atom. The molecular weight excluding hydrogens is 486 g/mol. The molecule has 0 radical (unpaired) electrons. The van der Waals surface area contributed by atoms with Gasteiger partial charge in [0, 0.05) is 24.3 Å². The van der Waals surface area contributed by atoms with Crippen LogP contribution in [0.1, 0.15) is 44.4 Å². The predicted molar refractivity (Wildman–Crippen MR) is 145 cm³/mol. The number of carbonyl (C=O) groups is 1. The Kier molecular flexibility index (Phi) is 5.78. The van der Waals surface area contributed by atoms with Gasteiger partial charge in [0.15, 0.2) is 5.60 Å². The molecule has 1 amide bonds. The summed E-state index contributed by atoms with van der Waals surface area (Å²) < 4.78 is 23.3. The van der Waals surface area contributed by atoms with Gasteiger partial charge in [-0.3, -0.25) is 4.79 Å². The fraction of sp³-hybridized carbons (Fsp3) is 0.345. The van der Waals surface area contributed by atoms with Gasteiger partial charge in [-0.25, -0.2) is 13.6 Å².